The van der Waals surface area contributed by atoms with Crippen LogP contribution in [0, 0.1) is 0 Å². The van der Waals surface area contributed by atoms with Gasteiger partial charge in [0.15, 0.2) is 0 Å². The van der Waals surface area contributed by atoms with Gasteiger partial charge in [0.25, 0.3) is 0 Å². The molecular weight excluding hydrogens is 146 g/mol. The fourth-order valence-electron chi connectivity index (χ4n) is 2.11. The molecule has 72 valence electrons. The van der Waals surface area contributed by atoms with Gasteiger partial charge in [0.2, 0.25) is 0 Å². The number of hydrogen-bond donors (Lipinski definition) is 0. The lowest BCUT2D eigenvalue weighted by atomic mass is 9.94. The Balaban J connectivity index is 2.15. The Morgan fingerprint density at radius 3 is 2.42 bits per heavy atom. The fourth-order valence-corrected chi connectivity index (χ4v) is 2.11. The average molecular weight is 169 g/mol. The highest BCUT2D eigenvalue weighted by atomic mass is 15.1. The predicted octanol–water partition coefficient (Wildman–Crippen LogP) is 3.05. The van der Waals surface area contributed by atoms with Crippen molar-refractivity contribution in [1.82, 2.24) is 4.90 Å². The number of unbranched alkanes of at least 4 members (excludes halogenated alkanes) is 1. The molecule has 1 saturated carbocycles. The number of hydrogen-bond acceptors (Lipinski definition) is 1. The van der Waals surface area contributed by atoms with Crippen LogP contribution in [0.3, 0.4) is 0 Å². The summed E-state index contributed by atoms with van der Waals surface area (Å²) >= 11 is 0. The van der Waals surface area contributed by atoms with Crippen LogP contribution in [0.15, 0.2) is 0 Å². The second-order valence-corrected chi connectivity index (χ2v) is 4.13. The molecule has 0 spiro atoms. The summed E-state index contributed by atoms with van der Waals surface area (Å²) in [6.45, 7) is 3.58. The first kappa shape index (κ1) is 10.0. The highest BCUT2D eigenvalue weighted by Crippen LogP contribution is 2.21. The van der Waals surface area contributed by atoms with Crippen LogP contribution in [0.5, 0.6) is 0 Å². The normalized spacial score (nSPS) is 20.2. The third kappa shape index (κ3) is 3.14. The minimum Gasteiger partial charge on any atom is -0.303 e. The standard InChI is InChI=1S/C11H23N/c1-3-4-10-12(2)11-8-6-5-7-9-11/h11H,3-10H2,1-2H3. The Morgan fingerprint density at radius 2 is 1.83 bits per heavy atom. The molecule has 1 fully saturated rings. The summed E-state index contributed by atoms with van der Waals surface area (Å²) in [7, 11) is 2.30. The third-order valence-corrected chi connectivity index (χ3v) is 3.06. The van der Waals surface area contributed by atoms with Gasteiger partial charge in [-0.25, -0.2) is 0 Å². The molecule has 12 heavy (non-hydrogen) atoms. The molecule has 0 bridgehead atoms. The molecule has 0 aliphatic heterocycles. The smallest absolute Gasteiger partial charge is 0.00922 e. The van der Waals surface area contributed by atoms with E-state index in [4.69, 9.17) is 0 Å². The van der Waals surface area contributed by atoms with Gasteiger partial charge in [0.1, 0.15) is 0 Å². The van der Waals surface area contributed by atoms with Gasteiger partial charge in [-0.2, -0.15) is 0 Å². The van der Waals surface area contributed by atoms with Gasteiger partial charge < -0.3 is 4.90 Å². The van der Waals surface area contributed by atoms with E-state index in [1.54, 1.807) is 0 Å². The topological polar surface area (TPSA) is 3.24 Å². The van der Waals surface area contributed by atoms with Crippen LogP contribution < -0.4 is 0 Å². The van der Waals surface area contributed by atoms with E-state index in [9.17, 15) is 0 Å². The van der Waals surface area contributed by atoms with Crippen molar-refractivity contribution in [2.24, 2.45) is 0 Å². The zero-order chi connectivity index (χ0) is 8.81. The fraction of sp³-hybridized carbons (Fsp3) is 1.00. The highest BCUT2D eigenvalue weighted by Gasteiger charge is 2.16. The molecule has 0 aromatic carbocycles. The van der Waals surface area contributed by atoms with E-state index in [1.165, 1.54) is 51.5 Å². The van der Waals surface area contributed by atoms with E-state index in [2.05, 4.69) is 18.9 Å². The Labute approximate surface area is 77.1 Å². The lowest BCUT2D eigenvalue weighted by molar-refractivity contribution is 0.189. The van der Waals surface area contributed by atoms with E-state index in [1.807, 2.05) is 0 Å². The molecule has 1 nitrogen and oxygen atoms in total. The quantitative estimate of drug-likeness (QED) is 0.625. The Bertz CT molecular complexity index is 106. The van der Waals surface area contributed by atoms with Gasteiger partial charge in [0, 0.05) is 6.04 Å². The van der Waals surface area contributed by atoms with E-state index in [0.717, 1.165) is 6.04 Å². The van der Waals surface area contributed by atoms with E-state index in [-0.39, 0.29) is 0 Å². The summed E-state index contributed by atoms with van der Waals surface area (Å²) in [6.07, 6.45) is 9.98. The first-order valence-electron chi connectivity index (χ1n) is 5.55. The van der Waals surface area contributed by atoms with E-state index in [0.29, 0.717) is 0 Å². The first-order valence-corrected chi connectivity index (χ1v) is 5.55. The van der Waals surface area contributed by atoms with Crippen molar-refractivity contribution < 1.29 is 0 Å². The monoisotopic (exact) mass is 169 g/mol. The van der Waals surface area contributed by atoms with Crippen molar-refractivity contribution in [2.45, 2.75) is 57.9 Å². The second kappa shape index (κ2) is 5.58. The lowest BCUT2D eigenvalue weighted by Crippen LogP contribution is -2.33. The van der Waals surface area contributed by atoms with Gasteiger partial charge in [0.05, 0.1) is 0 Å². The zero-order valence-electron chi connectivity index (χ0n) is 8.68. The summed E-state index contributed by atoms with van der Waals surface area (Å²) < 4.78 is 0. The van der Waals surface area contributed by atoms with Crippen molar-refractivity contribution in [2.75, 3.05) is 13.6 Å². The number of rotatable bonds is 4. The van der Waals surface area contributed by atoms with Crippen LogP contribution >= 0.6 is 0 Å². The van der Waals surface area contributed by atoms with Crippen molar-refractivity contribution in [3.63, 3.8) is 0 Å². The first-order chi connectivity index (χ1) is 5.84. The summed E-state index contributed by atoms with van der Waals surface area (Å²) in [5.74, 6) is 0. The molecule has 0 unspecified atom stereocenters. The van der Waals surface area contributed by atoms with Crippen LogP contribution in [-0.4, -0.2) is 24.5 Å². The zero-order valence-corrected chi connectivity index (χ0v) is 8.68. The molecule has 0 amide bonds. The molecule has 0 heterocycles. The maximum Gasteiger partial charge on any atom is 0.00922 e. The molecule has 1 aliphatic rings. The summed E-state index contributed by atoms with van der Waals surface area (Å²) in [5.41, 5.74) is 0. The molecule has 1 rings (SSSR count). The van der Waals surface area contributed by atoms with Crippen LogP contribution in [0.1, 0.15) is 51.9 Å². The largest absolute Gasteiger partial charge is 0.303 e. The molecular formula is C11H23N. The molecule has 0 aromatic rings. The Morgan fingerprint density at radius 1 is 1.17 bits per heavy atom. The number of nitrogens with zero attached hydrogens (tertiary/aromatic N) is 1. The average Bonchev–Trinajstić information content (AvgIpc) is 2.15. The van der Waals surface area contributed by atoms with Crippen LogP contribution in [0.4, 0.5) is 0 Å². The summed E-state index contributed by atoms with van der Waals surface area (Å²) in [5, 5.41) is 0. The van der Waals surface area contributed by atoms with Crippen molar-refractivity contribution in [1.29, 1.82) is 0 Å². The maximum absolute atomic E-state index is 2.57. The van der Waals surface area contributed by atoms with Crippen LogP contribution in [-0.2, 0) is 0 Å². The van der Waals surface area contributed by atoms with Gasteiger partial charge in [-0.15, -0.1) is 0 Å². The second-order valence-electron chi connectivity index (χ2n) is 4.13. The van der Waals surface area contributed by atoms with Gasteiger partial charge in [-0.1, -0.05) is 32.6 Å². The molecule has 0 saturated heterocycles. The minimum absolute atomic E-state index is 0.908. The minimum atomic E-state index is 0.908. The van der Waals surface area contributed by atoms with E-state index < -0.39 is 0 Å². The van der Waals surface area contributed by atoms with Gasteiger partial charge >= 0.3 is 0 Å². The highest BCUT2D eigenvalue weighted by molar-refractivity contribution is 4.72. The summed E-state index contributed by atoms with van der Waals surface area (Å²) in [6, 6.07) is 0.908. The Hall–Kier alpha value is -0.0400. The molecule has 1 aliphatic carbocycles. The predicted molar refractivity (Wildman–Crippen MR) is 54.4 cm³/mol. The van der Waals surface area contributed by atoms with Crippen LogP contribution in [0.25, 0.3) is 0 Å². The van der Waals surface area contributed by atoms with Crippen LogP contribution in [0.2, 0.25) is 0 Å². The maximum atomic E-state index is 2.57. The Kier molecular flexibility index (Phi) is 4.67. The molecule has 0 radical (unpaired) electrons. The van der Waals surface area contributed by atoms with Crippen molar-refractivity contribution in [3.8, 4) is 0 Å². The van der Waals surface area contributed by atoms with E-state index >= 15 is 0 Å². The molecule has 1 heteroatoms. The van der Waals surface area contributed by atoms with Crippen molar-refractivity contribution >= 4 is 0 Å². The molecule has 0 aromatic heterocycles. The molecule has 0 atom stereocenters. The summed E-state index contributed by atoms with van der Waals surface area (Å²) in [4.78, 5) is 2.57. The third-order valence-electron chi connectivity index (χ3n) is 3.06. The van der Waals surface area contributed by atoms with Crippen molar-refractivity contribution in [3.05, 3.63) is 0 Å². The van der Waals surface area contributed by atoms with Gasteiger partial charge in [-0.3, -0.25) is 0 Å². The molecule has 0 N–H and O–H groups in total. The lowest BCUT2D eigenvalue weighted by Gasteiger charge is -2.31. The van der Waals surface area contributed by atoms with Gasteiger partial charge in [-0.05, 0) is 32.9 Å². The SMILES string of the molecule is CCCCN(C)C1CCCCC1.